The number of hydrazine groups is 1. The third-order valence-corrected chi connectivity index (χ3v) is 4.89. The van der Waals surface area contributed by atoms with Gasteiger partial charge in [-0.05, 0) is 43.4 Å². The van der Waals surface area contributed by atoms with Gasteiger partial charge in [0.1, 0.15) is 0 Å². The second-order valence-corrected chi connectivity index (χ2v) is 7.61. The first-order valence-electron chi connectivity index (χ1n) is 9.17. The zero-order chi connectivity index (χ0) is 18.4. The third kappa shape index (κ3) is 5.08. The molecule has 0 saturated carbocycles. The second kappa shape index (κ2) is 9.39. The molecule has 0 amide bonds. The Labute approximate surface area is 159 Å². The van der Waals surface area contributed by atoms with Crippen molar-refractivity contribution in [2.75, 3.05) is 13.2 Å². The van der Waals surface area contributed by atoms with E-state index in [1.807, 2.05) is 19.1 Å². The van der Waals surface area contributed by atoms with Crippen LogP contribution in [0, 0.1) is 5.92 Å². The minimum absolute atomic E-state index is 0.0468. The van der Waals surface area contributed by atoms with Gasteiger partial charge in [0.2, 0.25) is 0 Å². The summed E-state index contributed by atoms with van der Waals surface area (Å²) < 4.78 is 6.43. The number of esters is 1. The molecular formula is C20H29BrN2O2. The molecule has 0 bridgehead atoms. The number of rotatable bonds is 8. The first-order chi connectivity index (χ1) is 12.0. The van der Waals surface area contributed by atoms with E-state index in [4.69, 9.17) is 4.74 Å². The minimum atomic E-state index is -0.195. The zero-order valence-corrected chi connectivity index (χ0v) is 17.2. The van der Waals surface area contributed by atoms with Crippen LogP contribution in [0.15, 0.2) is 40.0 Å². The van der Waals surface area contributed by atoms with Gasteiger partial charge < -0.3 is 9.75 Å². The predicted octanol–water partition coefficient (Wildman–Crippen LogP) is 4.45. The molecule has 1 aliphatic heterocycles. The number of allylic oxidation sites excluding steroid dienone is 1. The number of nitrogens with zero attached hydrogens (tertiary/aromatic N) is 1. The molecule has 1 unspecified atom stereocenters. The van der Waals surface area contributed by atoms with Gasteiger partial charge in [-0.15, -0.1) is 0 Å². The average Bonchev–Trinajstić information content (AvgIpc) is 2.93. The van der Waals surface area contributed by atoms with Crippen molar-refractivity contribution in [1.82, 2.24) is 10.4 Å². The van der Waals surface area contributed by atoms with Gasteiger partial charge >= 0.3 is 5.97 Å². The lowest BCUT2D eigenvalue weighted by Crippen LogP contribution is -2.40. The van der Waals surface area contributed by atoms with Crippen molar-refractivity contribution in [3.05, 3.63) is 45.6 Å². The normalized spacial score (nSPS) is 17.5. The number of nitrogens with one attached hydrogen (secondary N) is 1. The van der Waals surface area contributed by atoms with Gasteiger partial charge in [0, 0.05) is 16.7 Å². The van der Waals surface area contributed by atoms with Crippen molar-refractivity contribution >= 4 is 21.9 Å². The van der Waals surface area contributed by atoms with Crippen molar-refractivity contribution in [3.8, 4) is 0 Å². The molecule has 1 aromatic carbocycles. The van der Waals surface area contributed by atoms with Gasteiger partial charge in [-0.3, -0.25) is 0 Å². The van der Waals surface area contributed by atoms with Crippen molar-refractivity contribution in [2.45, 2.75) is 53.0 Å². The van der Waals surface area contributed by atoms with Crippen molar-refractivity contribution in [1.29, 1.82) is 0 Å². The maximum absolute atomic E-state index is 12.7. The number of hydrogen-bond acceptors (Lipinski definition) is 4. The molecule has 25 heavy (non-hydrogen) atoms. The van der Waals surface area contributed by atoms with E-state index < -0.39 is 0 Å². The van der Waals surface area contributed by atoms with Crippen molar-refractivity contribution in [3.63, 3.8) is 0 Å². The highest BCUT2D eigenvalue weighted by Gasteiger charge is 2.37. The predicted molar refractivity (Wildman–Crippen MR) is 105 cm³/mol. The van der Waals surface area contributed by atoms with Crippen LogP contribution in [-0.2, 0) is 16.0 Å². The van der Waals surface area contributed by atoms with Crippen LogP contribution >= 0.6 is 15.9 Å². The maximum atomic E-state index is 12.7. The molecule has 0 radical (unpaired) electrons. The number of benzene rings is 1. The number of carbonyl (C=O) groups is 1. The van der Waals surface area contributed by atoms with Crippen LogP contribution in [0.2, 0.25) is 0 Å². The summed E-state index contributed by atoms with van der Waals surface area (Å²) in [4.78, 5) is 12.7. The van der Waals surface area contributed by atoms with E-state index in [1.165, 1.54) is 5.56 Å². The highest BCUT2D eigenvalue weighted by atomic mass is 79.9. The summed E-state index contributed by atoms with van der Waals surface area (Å²) in [7, 11) is 0. The molecule has 0 saturated heterocycles. The topological polar surface area (TPSA) is 41.6 Å². The molecule has 0 aromatic heterocycles. The maximum Gasteiger partial charge on any atom is 0.337 e. The highest BCUT2D eigenvalue weighted by Crippen LogP contribution is 2.30. The number of unbranched alkanes of at least 4 members (excludes halogenated alkanes) is 1. The van der Waals surface area contributed by atoms with Gasteiger partial charge in [0.05, 0.1) is 18.2 Å². The lowest BCUT2D eigenvalue weighted by molar-refractivity contribution is -0.138. The van der Waals surface area contributed by atoms with Crippen LogP contribution in [0.5, 0.6) is 0 Å². The number of hydrogen-bond donors (Lipinski definition) is 1. The van der Waals surface area contributed by atoms with Crippen LogP contribution in [0.25, 0.3) is 0 Å². The monoisotopic (exact) mass is 408 g/mol. The smallest absolute Gasteiger partial charge is 0.337 e. The highest BCUT2D eigenvalue weighted by molar-refractivity contribution is 9.10. The summed E-state index contributed by atoms with van der Waals surface area (Å²) in [6.45, 7) is 9.61. The van der Waals surface area contributed by atoms with Gasteiger partial charge in [-0.2, -0.15) is 0 Å². The lowest BCUT2D eigenvalue weighted by atomic mass is 9.95. The van der Waals surface area contributed by atoms with Crippen LogP contribution in [0.4, 0.5) is 0 Å². The Hall–Kier alpha value is -1.33. The van der Waals surface area contributed by atoms with E-state index in [9.17, 15) is 4.79 Å². The Morgan fingerprint density at radius 3 is 2.52 bits per heavy atom. The molecule has 1 atom stereocenters. The van der Waals surface area contributed by atoms with E-state index >= 15 is 0 Å². The van der Waals surface area contributed by atoms with Gasteiger partial charge in [0.25, 0.3) is 0 Å². The van der Waals surface area contributed by atoms with Crippen LogP contribution in [0.3, 0.4) is 0 Å². The van der Waals surface area contributed by atoms with E-state index in [-0.39, 0.29) is 17.9 Å². The summed E-state index contributed by atoms with van der Waals surface area (Å²) in [6, 6.07) is 8.22. The quantitative estimate of drug-likeness (QED) is 0.644. The minimum Gasteiger partial charge on any atom is -0.463 e. The first kappa shape index (κ1) is 20.0. The van der Waals surface area contributed by atoms with Crippen molar-refractivity contribution < 1.29 is 9.53 Å². The summed E-state index contributed by atoms with van der Waals surface area (Å²) in [5, 5.41) is 2.17. The van der Waals surface area contributed by atoms with E-state index in [1.54, 1.807) is 0 Å². The molecule has 1 heterocycles. The van der Waals surface area contributed by atoms with E-state index in [0.717, 1.165) is 41.6 Å². The van der Waals surface area contributed by atoms with Crippen LogP contribution in [0.1, 0.15) is 46.1 Å². The Balaban J connectivity index is 2.32. The van der Waals surface area contributed by atoms with Gasteiger partial charge in [-0.25, -0.2) is 10.2 Å². The third-order valence-electron chi connectivity index (χ3n) is 4.36. The summed E-state index contributed by atoms with van der Waals surface area (Å²) in [6.07, 6.45) is 2.97. The largest absolute Gasteiger partial charge is 0.463 e. The molecule has 5 heteroatoms. The molecule has 0 fully saturated rings. The molecule has 1 aliphatic rings. The van der Waals surface area contributed by atoms with Crippen LogP contribution in [-0.4, -0.2) is 30.2 Å². The molecule has 138 valence electrons. The van der Waals surface area contributed by atoms with Gasteiger partial charge in [0.15, 0.2) is 0 Å². The molecule has 1 N–H and O–H groups in total. The number of ether oxygens (including phenoxy) is 1. The Kier molecular flexibility index (Phi) is 7.51. The summed E-state index contributed by atoms with van der Waals surface area (Å²) in [5.41, 5.74) is 6.62. The van der Waals surface area contributed by atoms with E-state index in [2.05, 4.69) is 59.3 Å². The summed E-state index contributed by atoms with van der Waals surface area (Å²) in [5.74, 6) is 0.0680. The standard InChI is InChI=1S/C20H29BrN2O2/c1-5-7-12-23-19(14(3)4)18(20(24)25-6-2)17(22-23)13-15-8-10-16(21)11-9-15/h8-11,14,17,22H,5-7,12-13H2,1-4H3. The second-order valence-electron chi connectivity index (χ2n) is 6.69. The molecule has 2 rings (SSSR count). The Morgan fingerprint density at radius 1 is 1.28 bits per heavy atom. The zero-order valence-electron chi connectivity index (χ0n) is 15.6. The van der Waals surface area contributed by atoms with Crippen molar-refractivity contribution in [2.24, 2.45) is 5.92 Å². The fourth-order valence-corrected chi connectivity index (χ4v) is 3.49. The van der Waals surface area contributed by atoms with E-state index in [0.29, 0.717) is 6.61 Å². The fourth-order valence-electron chi connectivity index (χ4n) is 3.23. The number of carbonyl (C=O) groups excluding carboxylic acids is 1. The van der Waals surface area contributed by atoms with Crippen LogP contribution < -0.4 is 5.43 Å². The summed E-state index contributed by atoms with van der Waals surface area (Å²) >= 11 is 3.47. The first-order valence-corrected chi connectivity index (χ1v) is 9.96. The molecular weight excluding hydrogens is 380 g/mol. The molecule has 1 aromatic rings. The SMILES string of the molecule is CCCCN1NC(Cc2ccc(Br)cc2)C(C(=O)OCC)=C1C(C)C. The number of halogens is 1. The fraction of sp³-hybridized carbons (Fsp3) is 0.550. The molecule has 0 aliphatic carbocycles. The molecule has 4 nitrogen and oxygen atoms in total. The Bertz CT molecular complexity index is 611. The van der Waals surface area contributed by atoms with Gasteiger partial charge in [-0.1, -0.05) is 55.3 Å². The Morgan fingerprint density at radius 2 is 1.96 bits per heavy atom. The average molecular weight is 409 g/mol. The lowest BCUT2D eigenvalue weighted by Gasteiger charge is -2.25. The molecule has 0 spiro atoms.